The minimum Gasteiger partial charge on any atom is -0.326 e. The molecule has 2 nitrogen and oxygen atoms in total. The lowest BCUT2D eigenvalue weighted by Gasteiger charge is -2.30. The first-order valence-electron chi connectivity index (χ1n) is 5.38. The second kappa shape index (κ2) is 3.46. The molecule has 2 heteroatoms. The second-order valence-corrected chi connectivity index (χ2v) is 4.05. The molecular formula is C13H14N2. The number of nitrogens with one attached hydrogen (secondary N) is 1. The fraction of sp³-hybridized carbons (Fsp3) is 0.231. The van der Waals surface area contributed by atoms with Crippen molar-refractivity contribution in [3.8, 4) is 0 Å². The van der Waals surface area contributed by atoms with Crippen molar-refractivity contribution < 1.29 is 0 Å². The lowest BCUT2D eigenvalue weighted by Crippen LogP contribution is -2.27. The average Bonchev–Trinajstić information content (AvgIpc) is 2.72. The number of aromatic nitrogens is 1. The van der Waals surface area contributed by atoms with Gasteiger partial charge in [-0.2, -0.15) is 0 Å². The SMILES string of the molecule is c1ccc2c(c1)CC2CNn1cccc1. The van der Waals surface area contributed by atoms with Gasteiger partial charge in [0.05, 0.1) is 0 Å². The summed E-state index contributed by atoms with van der Waals surface area (Å²) < 4.78 is 2.01. The van der Waals surface area contributed by atoms with Crippen molar-refractivity contribution in [3.63, 3.8) is 0 Å². The van der Waals surface area contributed by atoms with Crippen LogP contribution in [0.3, 0.4) is 0 Å². The Morgan fingerprint density at radius 2 is 1.93 bits per heavy atom. The minimum atomic E-state index is 0.684. The Bertz CT molecular complexity index is 445. The lowest BCUT2D eigenvalue weighted by atomic mass is 9.78. The van der Waals surface area contributed by atoms with Crippen LogP contribution < -0.4 is 5.43 Å². The van der Waals surface area contributed by atoms with E-state index in [-0.39, 0.29) is 0 Å². The summed E-state index contributed by atoms with van der Waals surface area (Å²) in [6.45, 7) is 1.02. The van der Waals surface area contributed by atoms with Crippen molar-refractivity contribution >= 4 is 0 Å². The average molecular weight is 198 g/mol. The molecule has 1 aromatic heterocycles. The van der Waals surface area contributed by atoms with Gasteiger partial charge in [-0.1, -0.05) is 24.3 Å². The zero-order chi connectivity index (χ0) is 10.1. The zero-order valence-electron chi connectivity index (χ0n) is 8.56. The molecule has 1 N–H and O–H groups in total. The summed E-state index contributed by atoms with van der Waals surface area (Å²) in [4.78, 5) is 0. The Hall–Kier alpha value is -1.70. The molecule has 1 aromatic carbocycles. The predicted octanol–water partition coefficient (Wildman–Crippen LogP) is 2.37. The molecule has 1 aliphatic carbocycles. The molecule has 0 fully saturated rings. The quantitative estimate of drug-likeness (QED) is 0.801. The summed E-state index contributed by atoms with van der Waals surface area (Å²) >= 11 is 0. The summed E-state index contributed by atoms with van der Waals surface area (Å²) in [5.41, 5.74) is 6.41. The van der Waals surface area contributed by atoms with E-state index in [4.69, 9.17) is 0 Å². The first-order valence-corrected chi connectivity index (χ1v) is 5.38. The fourth-order valence-electron chi connectivity index (χ4n) is 2.20. The van der Waals surface area contributed by atoms with Gasteiger partial charge in [0.1, 0.15) is 0 Å². The summed E-state index contributed by atoms with van der Waals surface area (Å²) in [6.07, 6.45) is 5.28. The highest BCUT2D eigenvalue weighted by Gasteiger charge is 2.24. The maximum Gasteiger partial charge on any atom is 0.0385 e. The van der Waals surface area contributed by atoms with Crippen molar-refractivity contribution in [2.24, 2.45) is 0 Å². The van der Waals surface area contributed by atoms with E-state index in [1.54, 1.807) is 0 Å². The lowest BCUT2D eigenvalue weighted by molar-refractivity contribution is 0.606. The Kier molecular flexibility index (Phi) is 1.98. The molecule has 1 unspecified atom stereocenters. The van der Waals surface area contributed by atoms with Crippen LogP contribution in [0.2, 0.25) is 0 Å². The van der Waals surface area contributed by atoms with Gasteiger partial charge in [-0.25, -0.2) is 0 Å². The number of nitrogens with zero attached hydrogens (tertiary/aromatic N) is 1. The molecule has 0 amide bonds. The number of hydrogen-bond donors (Lipinski definition) is 1. The standard InChI is InChI=1S/C13H14N2/c1-2-6-13-11(5-1)9-12(13)10-14-15-7-3-4-8-15/h1-8,12,14H,9-10H2. The number of hydrogen-bond acceptors (Lipinski definition) is 1. The van der Waals surface area contributed by atoms with Crippen LogP contribution in [0.25, 0.3) is 0 Å². The van der Waals surface area contributed by atoms with Gasteiger partial charge in [-0.15, -0.1) is 0 Å². The molecule has 0 spiro atoms. The van der Waals surface area contributed by atoms with E-state index in [0.29, 0.717) is 5.92 Å². The maximum absolute atomic E-state index is 3.38. The first kappa shape index (κ1) is 8.60. The molecular weight excluding hydrogens is 184 g/mol. The third-order valence-electron chi connectivity index (χ3n) is 3.09. The van der Waals surface area contributed by atoms with Crippen LogP contribution >= 0.6 is 0 Å². The van der Waals surface area contributed by atoms with Crippen LogP contribution in [0.5, 0.6) is 0 Å². The van der Waals surface area contributed by atoms with Crippen molar-refractivity contribution in [1.29, 1.82) is 0 Å². The highest BCUT2D eigenvalue weighted by Crippen LogP contribution is 2.34. The second-order valence-electron chi connectivity index (χ2n) is 4.05. The zero-order valence-corrected chi connectivity index (χ0v) is 8.56. The van der Waals surface area contributed by atoms with Crippen LogP contribution in [-0.2, 0) is 6.42 Å². The van der Waals surface area contributed by atoms with Crippen LogP contribution in [0.1, 0.15) is 17.0 Å². The predicted molar refractivity (Wildman–Crippen MR) is 61.5 cm³/mol. The summed E-state index contributed by atoms with van der Waals surface area (Å²) in [7, 11) is 0. The van der Waals surface area contributed by atoms with Crippen LogP contribution in [0, 0.1) is 0 Å². The summed E-state index contributed by atoms with van der Waals surface area (Å²) in [5, 5.41) is 0. The molecule has 3 rings (SSSR count). The van der Waals surface area contributed by atoms with Gasteiger partial charge in [0.15, 0.2) is 0 Å². The van der Waals surface area contributed by atoms with E-state index in [1.165, 1.54) is 17.5 Å². The van der Waals surface area contributed by atoms with E-state index in [1.807, 2.05) is 29.2 Å². The number of fused-ring (bicyclic) bond motifs is 1. The third kappa shape index (κ3) is 1.52. The van der Waals surface area contributed by atoms with Gasteiger partial charge in [-0.3, -0.25) is 4.68 Å². The largest absolute Gasteiger partial charge is 0.326 e. The smallest absolute Gasteiger partial charge is 0.0385 e. The van der Waals surface area contributed by atoms with Crippen molar-refractivity contribution in [2.45, 2.75) is 12.3 Å². The Morgan fingerprint density at radius 3 is 2.73 bits per heavy atom. The molecule has 0 bridgehead atoms. The van der Waals surface area contributed by atoms with E-state index in [2.05, 4.69) is 29.7 Å². The van der Waals surface area contributed by atoms with E-state index in [0.717, 1.165) is 6.54 Å². The van der Waals surface area contributed by atoms with Crippen LogP contribution in [0.4, 0.5) is 0 Å². The molecule has 0 radical (unpaired) electrons. The Morgan fingerprint density at radius 1 is 1.13 bits per heavy atom. The highest BCUT2D eigenvalue weighted by molar-refractivity contribution is 5.40. The van der Waals surface area contributed by atoms with Crippen molar-refractivity contribution in [2.75, 3.05) is 12.0 Å². The maximum atomic E-state index is 3.38. The molecule has 15 heavy (non-hydrogen) atoms. The molecule has 0 aliphatic heterocycles. The number of benzene rings is 1. The molecule has 2 aromatic rings. The first-order chi connectivity index (χ1) is 7.43. The molecule has 76 valence electrons. The van der Waals surface area contributed by atoms with E-state index in [9.17, 15) is 0 Å². The van der Waals surface area contributed by atoms with Gasteiger partial charge in [0, 0.05) is 24.9 Å². The van der Waals surface area contributed by atoms with Gasteiger partial charge in [0.2, 0.25) is 0 Å². The van der Waals surface area contributed by atoms with E-state index < -0.39 is 0 Å². The normalized spacial score (nSPS) is 18.0. The summed E-state index contributed by atoms with van der Waals surface area (Å²) in [5.74, 6) is 0.684. The van der Waals surface area contributed by atoms with Gasteiger partial charge in [0.25, 0.3) is 0 Å². The van der Waals surface area contributed by atoms with Gasteiger partial charge >= 0.3 is 0 Å². The van der Waals surface area contributed by atoms with E-state index >= 15 is 0 Å². The molecule has 1 heterocycles. The Balaban J connectivity index is 1.64. The van der Waals surface area contributed by atoms with Crippen LogP contribution in [-0.4, -0.2) is 11.2 Å². The topological polar surface area (TPSA) is 17.0 Å². The molecule has 0 saturated heterocycles. The third-order valence-corrected chi connectivity index (χ3v) is 3.09. The van der Waals surface area contributed by atoms with Crippen molar-refractivity contribution in [3.05, 3.63) is 59.9 Å². The highest BCUT2D eigenvalue weighted by atomic mass is 15.4. The van der Waals surface area contributed by atoms with Crippen molar-refractivity contribution in [1.82, 2.24) is 4.68 Å². The molecule has 0 saturated carbocycles. The fourth-order valence-corrected chi connectivity index (χ4v) is 2.20. The molecule has 1 aliphatic rings. The van der Waals surface area contributed by atoms with Gasteiger partial charge < -0.3 is 5.43 Å². The molecule has 1 atom stereocenters. The Labute approximate surface area is 89.5 Å². The summed E-state index contributed by atoms with van der Waals surface area (Å²) in [6, 6.07) is 12.8. The van der Waals surface area contributed by atoms with Crippen LogP contribution in [0.15, 0.2) is 48.8 Å². The minimum absolute atomic E-state index is 0.684. The number of rotatable bonds is 3. The van der Waals surface area contributed by atoms with Gasteiger partial charge in [-0.05, 0) is 29.7 Å². The monoisotopic (exact) mass is 198 g/mol.